The van der Waals surface area contributed by atoms with Gasteiger partial charge in [-0.1, -0.05) is 60.7 Å². The summed E-state index contributed by atoms with van der Waals surface area (Å²) in [6.45, 7) is 3.30. The number of carbonyl (C=O) groups excluding carboxylic acids is 3. The molecule has 1 N–H and O–H groups in total. The molecule has 0 bridgehead atoms. The smallest absolute Gasteiger partial charge is 0.293 e. The molecule has 126 valence electrons. The minimum atomic E-state index is -0.905. The molecular formula is C19H20O5. The van der Waals surface area contributed by atoms with Crippen LogP contribution in [-0.2, 0) is 9.53 Å². The lowest BCUT2D eigenvalue weighted by molar-refractivity contribution is -0.131. The molecule has 24 heavy (non-hydrogen) atoms. The molecule has 5 heteroatoms. The maximum atomic E-state index is 11.5. The number of hydrogen-bond acceptors (Lipinski definition) is 5. The minimum Gasteiger partial charge on any atom is -0.456 e. The van der Waals surface area contributed by atoms with Crippen LogP contribution in [0.2, 0.25) is 0 Å². The number of ketones is 2. The Labute approximate surface area is 140 Å². The number of aliphatic hydroxyl groups excluding tert-OH is 1. The molecule has 2 atom stereocenters. The van der Waals surface area contributed by atoms with Crippen molar-refractivity contribution in [3.05, 3.63) is 71.8 Å². The van der Waals surface area contributed by atoms with Crippen molar-refractivity contribution in [3.8, 4) is 0 Å². The first-order valence-corrected chi connectivity index (χ1v) is 7.43. The summed E-state index contributed by atoms with van der Waals surface area (Å²) in [5.41, 5.74) is 1.11. The van der Waals surface area contributed by atoms with Crippen molar-refractivity contribution in [2.75, 3.05) is 0 Å². The molecule has 0 aliphatic heterocycles. The van der Waals surface area contributed by atoms with Gasteiger partial charge in [-0.15, -0.1) is 0 Å². The Morgan fingerprint density at radius 2 is 1.29 bits per heavy atom. The lowest BCUT2D eigenvalue weighted by Crippen LogP contribution is -2.19. The van der Waals surface area contributed by atoms with Gasteiger partial charge in [-0.25, -0.2) is 0 Å². The Hall–Kier alpha value is -2.79. The summed E-state index contributed by atoms with van der Waals surface area (Å²) in [5, 5.41) is 8.92. The molecule has 0 aromatic heterocycles. The fourth-order valence-corrected chi connectivity index (χ4v) is 1.83. The highest BCUT2D eigenvalue weighted by molar-refractivity contribution is 5.99. The third kappa shape index (κ3) is 6.14. The van der Waals surface area contributed by atoms with Crippen LogP contribution in [0.25, 0.3) is 0 Å². The Morgan fingerprint density at radius 1 is 0.875 bits per heavy atom. The molecule has 0 aliphatic carbocycles. The van der Waals surface area contributed by atoms with E-state index >= 15 is 0 Å². The first-order valence-electron chi connectivity index (χ1n) is 7.43. The average Bonchev–Trinajstić information content (AvgIpc) is 2.62. The van der Waals surface area contributed by atoms with Crippen molar-refractivity contribution in [2.45, 2.75) is 26.1 Å². The Morgan fingerprint density at radius 3 is 1.67 bits per heavy atom. The van der Waals surface area contributed by atoms with Gasteiger partial charge in [0, 0.05) is 11.1 Å². The highest BCUT2D eigenvalue weighted by Crippen LogP contribution is 2.05. The highest BCUT2D eigenvalue weighted by atomic mass is 16.5. The van der Waals surface area contributed by atoms with Crippen LogP contribution in [0.15, 0.2) is 60.7 Å². The van der Waals surface area contributed by atoms with Crippen molar-refractivity contribution in [2.24, 2.45) is 0 Å². The van der Waals surface area contributed by atoms with Gasteiger partial charge in [0.2, 0.25) is 5.78 Å². The van der Waals surface area contributed by atoms with Crippen LogP contribution < -0.4 is 0 Å². The minimum absolute atomic E-state index is 0.187. The van der Waals surface area contributed by atoms with E-state index in [1.54, 1.807) is 55.5 Å². The molecule has 0 fully saturated rings. The molecule has 0 radical (unpaired) electrons. The molecule has 2 rings (SSSR count). The molecule has 0 spiro atoms. The van der Waals surface area contributed by atoms with Gasteiger partial charge in [-0.2, -0.15) is 0 Å². The average molecular weight is 328 g/mol. The largest absolute Gasteiger partial charge is 0.456 e. The SMILES string of the molecule is CC(O)C(=O)c1ccccc1.CC(OC=O)C(=O)c1ccccc1. The van der Waals surface area contributed by atoms with E-state index in [9.17, 15) is 14.4 Å². The fraction of sp³-hybridized carbons (Fsp3) is 0.211. The lowest BCUT2D eigenvalue weighted by Gasteiger charge is -2.07. The van der Waals surface area contributed by atoms with Gasteiger partial charge in [0.15, 0.2) is 11.9 Å². The number of rotatable bonds is 6. The van der Waals surface area contributed by atoms with Crippen molar-refractivity contribution in [1.29, 1.82) is 0 Å². The molecule has 2 aromatic carbocycles. The number of benzene rings is 2. The standard InChI is InChI=1S/C10H10O3.C9H10O2/c1-8(13-7-11)10(12)9-5-3-2-4-6-9;1-7(10)9(11)8-5-3-2-4-6-8/h2-8H,1H3;2-7,10H,1H3. The van der Waals surface area contributed by atoms with Gasteiger partial charge in [-0.3, -0.25) is 14.4 Å². The maximum absolute atomic E-state index is 11.5. The summed E-state index contributed by atoms with van der Waals surface area (Å²) in [4.78, 5) is 32.5. The number of ether oxygens (including phenoxy) is 1. The van der Waals surface area contributed by atoms with Crippen molar-refractivity contribution >= 4 is 18.0 Å². The number of hydrogen-bond donors (Lipinski definition) is 1. The predicted molar refractivity (Wildman–Crippen MR) is 89.8 cm³/mol. The van der Waals surface area contributed by atoms with Crippen LogP contribution in [0.1, 0.15) is 34.6 Å². The van der Waals surface area contributed by atoms with Gasteiger partial charge < -0.3 is 9.84 Å². The van der Waals surface area contributed by atoms with Crippen LogP contribution in [0.3, 0.4) is 0 Å². The molecule has 0 amide bonds. The first-order chi connectivity index (χ1) is 11.5. The van der Waals surface area contributed by atoms with E-state index in [1.807, 2.05) is 12.1 Å². The van der Waals surface area contributed by atoms with E-state index in [1.165, 1.54) is 6.92 Å². The fourth-order valence-electron chi connectivity index (χ4n) is 1.83. The predicted octanol–water partition coefficient (Wildman–Crippen LogP) is 2.68. The molecule has 0 saturated carbocycles. The van der Waals surface area contributed by atoms with Gasteiger partial charge >= 0.3 is 0 Å². The summed E-state index contributed by atoms with van der Waals surface area (Å²) in [7, 11) is 0. The van der Waals surface area contributed by atoms with Crippen molar-refractivity contribution < 1.29 is 24.2 Å². The second-order valence-corrected chi connectivity index (χ2v) is 5.01. The molecule has 0 heterocycles. The summed E-state index contributed by atoms with van der Waals surface area (Å²) in [6.07, 6.45) is -1.61. The molecular weight excluding hydrogens is 308 g/mol. The van der Waals surface area contributed by atoms with Crippen LogP contribution >= 0.6 is 0 Å². The number of Topliss-reactive ketones (excluding diaryl/α,β-unsaturated/α-hetero) is 2. The molecule has 0 saturated heterocycles. The Kier molecular flexibility index (Phi) is 8.08. The highest BCUT2D eigenvalue weighted by Gasteiger charge is 2.14. The summed E-state index contributed by atoms with van der Waals surface area (Å²) in [6, 6.07) is 17.5. The van der Waals surface area contributed by atoms with Crippen molar-refractivity contribution in [1.82, 2.24) is 0 Å². The summed E-state index contributed by atoms with van der Waals surface area (Å²) >= 11 is 0. The Balaban J connectivity index is 0.000000243. The third-order valence-electron chi connectivity index (χ3n) is 3.12. The van der Waals surface area contributed by atoms with Gasteiger partial charge in [-0.05, 0) is 13.8 Å². The second-order valence-electron chi connectivity index (χ2n) is 5.01. The third-order valence-corrected chi connectivity index (χ3v) is 3.12. The van der Waals surface area contributed by atoms with E-state index in [4.69, 9.17) is 5.11 Å². The topological polar surface area (TPSA) is 80.7 Å². The zero-order chi connectivity index (χ0) is 17.9. The van der Waals surface area contributed by atoms with Crippen LogP contribution in [0.5, 0.6) is 0 Å². The quantitative estimate of drug-likeness (QED) is 0.651. The van der Waals surface area contributed by atoms with E-state index in [2.05, 4.69) is 4.74 Å². The van der Waals surface area contributed by atoms with E-state index < -0.39 is 12.2 Å². The normalized spacial score (nSPS) is 12.1. The Bertz CT molecular complexity index is 650. The van der Waals surface area contributed by atoms with Crippen LogP contribution in [-0.4, -0.2) is 35.4 Å². The van der Waals surface area contributed by atoms with E-state index in [-0.39, 0.29) is 18.0 Å². The van der Waals surface area contributed by atoms with Gasteiger partial charge in [0.1, 0.15) is 6.10 Å². The summed E-state index contributed by atoms with van der Waals surface area (Å²) < 4.78 is 4.53. The first kappa shape index (κ1) is 19.3. The zero-order valence-electron chi connectivity index (χ0n) is 13.6. The second kappa shape index (κ2) is 10.1. The number of carbonyl (C=O) groups is 3. The molecule has 5 nitrogen and oxygen atoms in total. The zero-order valence-corrected chi connectivity index (χ0v) is 13.6. The van der Waals surface area contributed by atoms with E-state index in [0.29, 0.717) is 11.1 Å². The summed E-state index contributed by atoms with van der Waals surface area (Å²) in [5.74, 6) is -0.418. The van der Waals surface area contributed by atoms with Crippen LogP contribution in [0, 0.1) is 0 Å². The molecule has 0 aliphatic rings. The van der Waals surface area contributed by atoms with Gasteiger partial charge in [0.25, 0.3) is 6.47 Å². The maximum Gasteiger partial charge on any atom is 0.293 e. The van der Waals surface area contributed by atoms with E-state index in [0.717, 1.165) is 0 Å². The van der Waals surface area contributed by atoms with Crippen molar-refractivity contribution in [3.63, 3.8) is 0 Å². The lowest BCUT2D eigenvalue weighted by atomic mass is 10.1. The molecule has 2 aromatic rings. The van der Waals surface area contributed by atoms with Crippen LogP contribution in [0.4, 0.5) is 0 Å². The van der Waals surface area contributed by atoms with Gasteiger partial charge in [0.05, 0.1) is 0 Å². The molecule has 2 unspecified atom stereocenters. The monoisotopic (exact) mass is 328 g/mol. The number of aliphatic hydroxyl groups is 1.